The molecule has 0 spiro atoms. The second kappa shape index (κ2) is 4.76. The third-order valence-electron chi connectivity index (χ3n) is 6.27. The van der Waals surface area contributed by atoms with Crippen molar-refractivity contribution in [3.63, 3.8) is 0 Å². The first-order valence-corrected chi connectivity index (χ1v) is 8.87. The van der Waals surface area contributed by atoms with E-state index >= 15 is 0 Å². The maximum atomic E-state index is 6.39. The zero-order valence-corrected chi connectivity index (χ0v) is 13.5. The van der Waals surface area contributed by atoms with E-state index in [-0.39, 0.29) is 0 Å². The second-order valence-corrected chi connectivity index (χ2v) is 8.58. The summed E-state index contributed by atoms with van der Waals surface area (Å²) in [5.74, 6) is 3.59. The van der Waals surface area contributed by atoms with Crippen molar-refractivity contribution in [2.24, 2.45) is 23.7 Å². The normalized spacial score (nSPS) is 37.6. The summed E-state index contributed by atoms with van der Waals surface area (Å²) in [5.41, 5.74) is 8.94. The molecule has 3 nitrogen and oxygen atoms in total. The molecule has 0 amide bonds. The van der Waals surface area contributed by atoms with Crippen LogP contribution in [0.1, 0.15) is 64.5 Å². The SMILES string of the molecule is CC(C)CCn1cc(N)c(C23CC4CC(CC(C4)C2)C3)n1. The first kappa shape index (κ1) is 13.7. The first-order chi connectivity index (χ1) is 10.0. The average Bonchev–Trinajstić information content (AvgIpc) is 2.77. The summed E-state index contributed by atoms with van der Waals surface area (Å²) in [5, 5.41) is 4.96. The fourth-order valence-electron chi connectivity index (χ4n) is 5.75. The van der Waals surface area contributed by atoms with Gasteiger partial charge in [-0.25, -0.2) is 0 Å². The summed E-state index contributed by atoms with van der Waals surface area (Å²) in [4.78, 5) is 0. The summed E-state index contributed by atoms with van der Waals surface area (Å²) in [6.45, 7) is 5.55. The highest BCUT2D eigenvalue weighted by molar-refractivity contribution is 5.46. The van der Waals surface area contributed by atoms with Crippen LogP contribution in [-0.4, -0.2) is 9.78 Å². The molecule has 1 heterocycles. The average molecular weight is 287 g/mol. The van der Waals surface area contributed by atoms with Crippen LogP contribution in [0.3, 0.4) is 0 Å². The van der Waals surface area contributed by atoms with Crippen LogP contribution in [0.25, 0.3) is 0 Å². The van der Waals surface area contributed by atoms with E-state index in [1.807, 2.05) is 0 Å². The molecule has 0 atom stereocenters. The van der Waals surface area contributed by atoms with Crippen LogP contribution in [0.5, 0.6) is 0 Å². The third kappa shape index (κ3) is 2.29. The highest BCUT2D eigenvalue weighted by Gasteiger charge is 2.53. The Hall–Kier alpha value is -0.990. The minimum atomic E-state index is 0.335. The highest BCUT2D eigenvalue weighted by atomic mass is 15.3. The predicted molar refractivity (Wildman–Crippen MR) is 85.9 cm³/mol. The van der Waals surface area contributed by atoms with Gasteiger partial charge in [-0.3, -0.25) is 4.68 Å². The lowest BCUT2D eigenvalue weighted by Gasteiger charge is -2.56. The van der Waals surface area contributed by atoms with Crippen LogP contribution in [-0.2, 0) is 12.0 Å². The van der Waals surface area contributed by atoms with Crippen molar-refractivity contribution < 1.29 is 0 Å². The van der Waals surface area contributed by atoms with Gasteiger partial charge in [0.25, 0.3) is 0 Å². The summed E-state index contributed by atoms with van der Waals surface area (Å²) in [7, 11) is 0. The van der Waals surface area contributed by atoms with Crippen molar-refractivity contribution in [2.75, 3.05) is 5.73 Å². The molecule has 3 heteroatoms. The van der Waals surface area contributed by atoms with Crippen molar-refractivity contribution >= 4 is 5.69 Å². The molecular weight excluding hydrogens is 258 g/mol. The number of aryl methyl sites for hydroxylation is 1. The summed E-state index contributed by atoms with van der Waals surface area (Å²) >= 11 is 0. The van der Waals surface area contributed by atoms with Gasteiger partial charge in [0.2, 0.25) is 0 Å². The zero-order valence-electron chi connectivity index (χ0n) is 13.5. The molecule has 0 unspecified atom stereocenters. The van der Waals surface area contributed by atoms with Crippen molar-refractivity contribution in [3.8, 4) is 0 Å². The minimum absolute atomic E-state index is 0.335. The Morgan fingerprint density at radius 2 is 1.76 bits per heavy atom. The van der Waals surface area contributed by atoms with Crippen LogP contribution in [0.15, 0.2) is 6.20 Å². The van der Waals surface area contributed by atoms with Crippen LogP contribution < -0.4 is 5.73 Å². The molecule has 0 aliphatic heterocycles. The summed E-state index contributed by atoms with van der Waals surface area (Å²) in [6.07, 6.45) is 11.8. The van der Waals surface area contributed by atoms with E-state index in [4.69, 9.17) is 10.8 Å². The third-order valence-corrected chi connectivity index (χ3v) is 6.27. The maximum absolute atomic E-state index is 6.39. The van der Waals surface area contributed by atoms with Gasteiger partial charge >= 0.3 is 0 Å². The van der Waals surface area contributed by atoms with Gasteiger partial charge in [-0.15, -0.1) is 0 Å². The van der Waals surface area contributed by atoms with E-state index in [1.165, 1.54) is 50.6 Å². The van der Waals surface area contributed by atoms with E-state index in [0.717, 1.165) is 35.9 Å². The molecule has 5 rings (SSSR count). The number of nitrogens with zero attached hydrogens (tertiary/aromatic N) is 2. The van der Waals surface area contributed by atoms with Crippen LogP contribution in [0.4, 0.5) is 5.69 Å². The first-order valence-electron chi connectivity index (χ1n) is 8.87. The zero-order chi connectivity index (χ0) is 14.6. The van der Waals surface area contributed by atoms with Gasteiger partial charge in [0, 0.05) is 18.2 Å². The molecular formula is C18H29N3. The van der Waals surface area contributed by atoms with Gasteiger partial charge in [0.1, 0.15) is 0 Å². The van der Waals surface area contributed by atoms with E-state index in [9.17, 15) is 0 Å². The Labute approximate surface area is 128 Å². The lowest BCUT2D eigenvalue weighted by Crippen LogP contribution is -2.49. The lowest BCUT2D eigenvalue weighted by atomic mass is 9.48. The molecule has 0 aromatic carbocycles. The van der Waals surface area contributed by atoms with E-state index in [1.54, 1.807) is 0 Å². The van der Waals surface area contributed by atoms with Crippen LogP contribution >= 0.6 is 0 Å². The molecule has 0 radical (unpaired) electrons. The Bertz CT molecular complexity index is 493. The van der Waals surface area contributed by atoms with Crippen molar-refractivity contribution in [2.45, 2.75) is 70.8 Å². The molecule has 4 fully saturated rings. The van der Waals surface area contributed by atoms with Gasteiger partial charge in [0.05, 0.1) is 11.4 Å². The minimum Gasteiger partial charge on any atom is -0.396 e. The van der Waals surface area contributed by atoms with E-state index in [0.29, 0.717) is 5.41 Å². The number of anilines is 1. The molecule has 1 aromatic rings. The van der Waals surface area contributed by atoms with Gasteiger partial charge in [-0.05, 0) is 68.6 Å². The van der Waals surface area contributed by atoms with Gasteiger partial charge in [-0.2, -0.15) is 5.10 Å². The van der Waals surface area contributed by atoms with Crippen molar-refractivity contribution in [1.29, 1.82) is 0 Å². The van der Waals surface area contributed by atoms with Gasteiger partial charge in [-0.1, -0.05) is 13.8 Å². The molecule has 4 bridgehead atoms. The standard InChI is InChI=1S/C18H29N3/c1-12(2)3-4-21-11-16(19)17(20-21)18-8-13-5-14(9-18)7-15(6-13)10-18/h11-15H,3-10,19H2,1-2H3. The van der Waals surface area contributed by atoms with Crippen LogP contribution in [0, 0.1) is 23.7 Å². The lowest BCUT2D eigenvalue weighted by molar-refractivity contribution is -0.00714. The molecule has 116 valence electrons. The number of hydrogen-bond donors (Lipinski definition) is 1. The molecule has 2 N–H and O–H groups in total. The summed E-state index contributed by atoms with van der Waals surface area (Å²) in [6, 6.07) is 0. The Balaban J connectivity index is 1.61. The second-order valence-electron chi connectivity index (χ2n) is 8.58. The van der Waals surface area contributed by atoms with Gasteiger partial charge < -0.3 is 5.73 Å². The van der Waals surface area contributed by atoms with E-state index < -0.39 is 0 Å². The highest BCUT2D eigenvalue weighted by Crippen LogP contribution is 2.61. The molecule has 4 aliphatic rings. The van der Waals surface area contributed by atoms with E-state index in [2.05, 4.69) is 24.7 Å². The summed E-state index contributed by atoms with van der Waals surface area (Å²) < 4.78 is 2.11. The van der Waals surface area contributed by atoms with Crippen molar-refractivity contribution in [3.05, 3.63) is 11.9 Å². The van der Waals surface area contributed by atoms with Crippen molar-refractivity contribution in [1.82, 2.24) is 9.78 Å². The quantitative estimate of drug-likeness (QED) is 0.910. The fraction of sp³-hybridized carbons (Fsp3) is 0.833. The Morgan fingerprint density at radius 1 is 1.19 bits per heavy atom. The molecule has 4 aliphatic carbocycles. The number of nitrogen functional groups attached to an aromatic ring is 1. The molecule has 0 saturated heterocycles. The molecule has 21 heavy (non-hydrogen) atoms. The van der Waals surface area contributed by atoms with Crippen LogP contribution in [0.2, 0.25) is 0 Å². The number of hydrogen-bond acceptors (Lipinski definition) is 2. The molecule has 1 aromatic heterocycles. The number of rotatable bonds is 4. The topological polar surface area (TPSA) is 43.8 Å². The fourth-order valence-corrected chi connectivity index (χ4v) is 5.75. The number of aromatic nitrogens is 2. The maximum Gasteiger partial charge on any atom is 0.0915 e. The Morgan fingerprint density at radius 3 is 2.29 bits per heavy atom. The smallest absolute Gasteiger partial charge is 0.0915 e. The largest absolute Gasteiger partial charge is 0.396 e. The Kier molecular flexibility index (Phi) is 3.09. The van der Waals surface area contributed by atoms with Gasteiger partial charge in [0.15, 0.2) is 0 Å². The predicted octanol–water partition coefficient (Wildman–Crippen LogP) is 3.98. The monoisotopic (exact) mass is 287 g/mol. The number of nitrogens with two attached hydrogens (primary N) is 1. The molecule has 4 saturated carbocycles.